The molecule has 0 aliphatic heterocycles. The van der Waals surface area contributed by atoms with Crippen LogP contribution >= 0.6 is 0 Å². The van der Waals surface area contributed by atoms with E-state index in [1.54, 1.807) is 12.4 Å². The molecule has 0 unspecified atom stereocenters. The highest BCUT2D eigenvalue weighted by molar-refractivity contribution is 5.80. The third kappa shape index (κ3) is 7.28. The molecule has 1 rings (SSSR count). The van der Waals surface area contributed by atoms with Crippen LogP contribution in [0.4, 0.5) is 0 Å². The van der Waals surface area contributed by atoms with Gasteiger partial charge in [0.05, 0.1) is 12.7 Å². The lowest BCUT2D eigenvalue weighted by atomic mass is 10.1. The zero-order valence-corrected chi connectivity index (χ0v) is 12.2. The third-order valence-corrected chi connectivity index (χ3v) is 2.10. The lowest BCUT2D eigenvalue weighted by Gasteiger charge is -2.23. The molecule has 0 spiro atoms. The maximum atomic E-state index is 5.54. The summed E-state index contributed by atoms with van der Waals surface area (Å²) in [7, 11) is 0. The summed E-state index contributed by atoms with van der Waals surface area (Å²) in [5.74, 6) is 1.58. The van der Waals surface area contributed by atoms with Crippen molar-refractivity contribution in [2.75, 3.05) is 19.7 Å². The minimum Gasteiger partial charge on any atom is -0.490 e. The molecule has 0 saturated carbocycles. The number of aromatic nitrogens is 1. The standard InChI is InChI=1S/C14H24N4O/c1-5-16-13(18-14(2,3)4)17-9-10-19-12-7-6-8-15-11-12/h6-8,11H,5,9-10H2,1-4H3,(H2,16,17,18). The van der Waals surface area contributed by atoms with Crippen LogP contribution in [0.1, 0.15) is 27.7 Å². The Morgan fingerprint density at radius 1 is 1.42 bits per heavy atom. The molecule has 0 radical (unpaired) electrons. The molecule has 106 valence electrons. The molecule has 0 bridgehead atoms. The molecule has 1 aromatic rings. The number of nitrogens with zero attached hydrogens (tertiary/aromatic N) is 2. The van der Waals surface area contributed by atoms with E-state index in [1.165, 1.54) is 0 Å². The van der Waals surface area contributed by atoms with E-state index in [-0.39, 0.29) is 5.54 Å². The second-order valence-corrected chi connectivity index (χ2v) is 5.17. The fourth-order valence-corrected chi connectivity index (χ4v) is 1.42. The summed E-state index contributed by atoms with van der Waals surface area (Å²) in [4.78, 5) is 8.45. The Hall–Kier alpha value is -1.78. The minimum absolute atomic E-state index is 0.00872. The van der Waals surface area contributed by atoms with E-state index in [0.717, 1.165) is 18.3 Å². The van der Waals surface area contributed by atoms with Crippen molar-refractivity contribution in [1.82, 2.24) is 15.6 Å². The van der Waals surface area contributed by atoms with Crippen molar-refractivity contribution >= 4 is 5.96 Å². The van der Waals surface area contributed by atoms with E-state index < -0.39 is 0 Å². The van der Waals surface area contributed by atoms with Gasteiger partial charge in [0.15, 0.2) is 5.96 Å². The van der Waals surface area contributed by atoms with Crippen LogP contribution in [-0.4, -0.2) is 36.2 Å². The fourth-order valence-electron chi connectivity index (χ4n) is 1.42. The largest absolute Gasteiger partial charge is 0.490 e. The van der Waals surface area contributed by atoms with Crippen LogP contribution in [0.3, 0.4) is 0 Å². The molecule has 0 aliphatic carbocycles. The Labute approximate surface area is 115 Å². The monoisotopic (exact) mass is 264 g/mol. The summed E-state index contributed by atoms with van der Waals surface area (Å²) in [6.07, 6.45) is 3.42. The van der Waals surface area contributed by atoms with E-state index in [1.807, 2.05) is 19.1 Å². The van der Waals surface area contributed by atoms with Gasteiger partial charge in [0.1, 0.15) is 12.4 Å². The summed E-state index contributed by atoms with van der Waals surface area (Å²) >= 11 is 0. The fraction of sp³-hybridized carbons (Fsp3) is 0.571. The Kier molecular flexibility index (Phi) is 6.12. The van der Waals surface area contributed by atoms with Crippen molar-refractivity contribution in [3.8, 4) is 5.75 Å². The zero-order valence-electron chi connectivity index (χ0n) is 12.2. The van der Waals surface area contributed by atoms with E-state index in [2.05, 4.69) is 41.4 Å². The lowest BCUT2D eigenvalue weighted by molar-refractivity contribution is 0.327. The highest BCUT2D eigenvalue weighted by atomic mass is 16.5. The molecule has 1 heterocycles. The first-order valence-corrected chi connectivity index (χ1v) is 6.60. The number of hydrogen-bond acceptors (Lipinski definition) is 3. The first-order chi connectivity index (χ1) is 9.01. The van der Waals surface area contributed by atoms with Crippen LogP contribution in [0.2, 0.25) is 0 Å². The van der Waals surface area contributed by atoms with Crippen molar-refractivity contribution in [3.05, 3.63) is 24.5 Å². The maximum Gasteiger partial charge on any atom is 0.191 e. The SMILES string of the molecule is CCNC(=NCCOc1cccnc1)NC(C)(C)C. The van der Waals surface area contributed by atoms with Gasteiger partial charge in [0.2, 0.25) is 0 Å². The van der Waals surface area contributed by atoms with Gasteiger partial charge in [-0.2, -0.15) is 0 Å². The van der Waals surface area contributed by atoms with Crippen molar-refractivity contribution < 1.29 is 4.74 Å². The van der Waals surface area contributed by atoms with Gasteiger partial charge in [-0.15, -0.1) is 0 Å². The normalized spacial score (nSPS) is 12.1. The average molecular weight is 264 g/mol. The smallest absolute Gasteiger partial charge is 0.191 e. The second kappa shape index (κ2) is 7.61. The molecular formula is C14H24N4O. The predicted octanol–water partition coefficient (Wildman–Crippen LogP) is 1.81. The summed E-state index contributed by atoms with van der Waals surface area (Å²) in [6, 6.07) is 3.74. The number of pyridine rings is 1. The minimum atomic E-state index is -0.00872. The van der Waals surface area contributed by atoms with Gasteiger partial charge >= 0.3 is 0 Å². The molecule has 0 saturated heterocycles. The highest BCUT2D eigenvalue weighted by Gasteiger charge is 2.11. The van der Waals surface area contributed by atoms with Crippen molar-refractivity contribution in [3.63, 3.8) is 0 Å². The molecule has 0 atom stereocenters. The van der Waals surface area contributed by atoms with Crippen LogP contribution < -0.4 is 15.4 Å². The Morgan fingerprint density at radius 2 is 2.21 bits per heavy atom. The first-order valence-electron chi connectivity index (χ1n) is 6.60. The topological polar surface area (TPSA) is 58.5 Å². The van der Waals surface area contributed by atoms with E-state index in [4.69, 9.17) is 4.74 Å². The second-order valence-electron chi connectivity index (χ2n) is 5.17. The molecule has 5 nitrogen and oxygen atoms in total. The molecule has 0 aromatic carbocycles. The molecule has 2 N–H and O–H groups in total. The van der Waals surface area contributed by atoms with Crippen molar-refractivity contribution in [2.45, 2.75) is 33.2 Å². The van der Waals surface area contributed by atoms with Gasteiger partial charge in [0.25, 0.3) is 0 Å². The number of ether oxygens (including phenoxy) is 1. The zero-order chi connectivity index (χ0) is 14.1. The number of nitrogens with one attached hydrogen (secondary N) is 2. The van der Waals surface area contributed by atoms with Crippen molar-refractivity contribution in [2.24, 2.45) is 4.99 Å². The molecule has 0 aliphatic rings. The molecule has 5 heteroatoms. The quantitative estimate of drug-likeness (QED) is 0.484. The third-order valence-electron chi connectivity index (χ3n) is 2.10. The lowest BCUT2D eigenvalue weighted by Crippen LogP contribution is -2.47. The van der Waals surface area contributed by atoms with Crippen LogP contribution in [0.15, 0.2) is 29.5 Å². The van der Waals surface area contributed by atoms with Crippen LogP contribution in [-0.2, 0) is 0 Å². The average Bonchev–Trinajstić information content (AvgIpc) is 2.34. The molecular weight excluding hydrogens is 240 g/mol. The van der Waals surface area contributed by atoms with Crippen molar-refractivity contribution in [1.29, 1.82) is 0 Å². The number of aliphatic imine (C=N–C) groups is 1. The van der Waals surface area contributed by atoms with Gasteiger partial charge in [0, 0.05) is 18.3 Å². The Bertz CT molecular complexity index is 384. The van der Waals surface area contributed by atoms with E-state index in [0.29, 0.717) is 13.2 Å². The van der Waals surface area contributed by atoms with Gasteiger partial charge in [-0.1, -0.05) is 0 Å². The van der Waals surface area contributed by atoms with Crippen LogP contribution in [0.25, 0.3) is 0 Å². The van der Waals surface area contributed by atoms with Crippen LogP contribution in [0, 0.1) is 0 Å². The number of guanidine groups is 1. The van der Waals surface area contributed by atoms with Gasteiger partial charge in [-0.25, -0.2) is 4.99 Å². The number of rotatable bonds is 5. The predicted molar refractivity (Wildman–Crippen MR) is 78.6 cm³/mol. The van der Waals surface area contributed by atoms with E-state index >= 15 is 0 Å². The maximum absolute atomic E-state index is 5.54. The van der Waals surface area contributed by atoms with E-state index in [9.17, 15) is 0 Å². The summed E-state index contributed by atoms with van der Waals surface area (Å²) in [5, 5.41) is 6.54. The first kappa shape index (κ1) is 15.3. The molecule has 1 aromatic heterocycles. The molecule has 0 amide bonds. The summed E-state index contributed by atoms with van der Waals surface area (Å²) < 4.78 is 5.54. The Balaban J connectivity index is 2.39. The summed E-state index contributed by atoms with van der Waals surface area (Å²) in [6.45, 7) is 10.3. The summed E-state index contributed by atoms with van der Waals surface area (Å²) in [5.41, 5.74) is -0.00872. The van der Waals surface area contributed by atoms with Gasteiger partial charge < -0.3 is 15.4 Å². The van der Waals surface area contributed by atoms with Gasteiger partial charge in [-0.3, -0.25) is 4.98 Å². The molecule has 0 fully saturated rings. The van der Waals surface area contributed by atoms with Crippen LogP contribution in [0.5, 0.6) is 5.75 Å². The Morgan fingerprint density at radius 3 is 2.79 bits per heavy atom. The molecule has 19 heavy (non-hydrogen) atoms. The highest BCUT2D eigenvalue weighted by Crippen LogP contribution is 2.05. The number of hydrogen-bond donors (Lipinski definition) is 2. The van der Waals surface area contributed by atoms with Gasteiger partial charge in [-0.05, 0) is 39.8 Å².